The van der Waals surface area contributed by atoms with Crippen LogP contribution >= 0.6 is 12.2 Å². The summed E-state index contributed by atoms with van der Waals surface area (Å²) in [4.78, 5) is 9.78. The summed E-state index contributed by atoms with van der Waals surface area (Å²) in [7, 11) is 0. The van der Waals surface area contributed by atoms with Crippen molar-refractivity contribution in [3.05, 3.63) is 24.0 Å². The van der Waals surface area contributed by atoms with Crippen LogP contribution in [0.5, 0.6) is 0 Å². The van der Waals surface area contributed by atoms with Crippen LogP contribution < -0.4 is 10.6 Å². The molecule has 5 heteroatoms. The lowest BCUT2D eigenvalue weighted by Gasteiger charge is -2.28. The van der Waals surface area contributed by atoms with E-state index in [1.54, 1.807) is 6.20 Å². The van der Waals surface area contributed by atoms with Gasteiger partial charge in [-0.2, -0.15) is 0 Å². The van der Waals surface area contributed by atoms with E-state index in [4.69, 9.17) is 18.0 Å². The average Bonchev–Trinajstić information content (AvgIpc) is 2.76. The molecule has 0 amide bonds. The van der Waals surface area contributed by atoms with E-state index in [9.17, 15) is 0 Å². The van der Waals surface area contributed by atoms with Crippen LogP contribution in [0.4, 0.5) is 5.69 Å². The van der Waals surface area contributed by atoms with Gasteiger partial charge in [-0.15, -0.1) is 0 Å². The molecule has 1 atom stereocenters. The molecule has 0 aromatic carbocycles. The Labute approximate surface area is 119 Å². The van der Waals surface area contributed by atoms with Crippen molar-refractivity contribution in [2.24, 2.45) is 5.73 Å². The Hall–Kier alpha value is -1.20. The fraction of sp³-hybridized carbons (Fsp3) is 0.571. The Kier molecular flexibility index (Phi) is 3.66. The highest BCUT2D eigenvalue weighted by molar-refractivity contribution is 7.80. The second-order valence-corrected chi connectivity index (χ2v) is 5.81. The molecule has 0 spiro atoms. The van der Waals surface area contributed by atoms with E-state index in [-0.39, 0.29) is 0 Å². The highest BCUT2D eigenvalue weighted by atomic mass is 32.1. The minimum atomic E-state index is 0.392. The van der Waals surface area contributed by atoms with Gasteiger partial charge in [0.05, 0.1) is 5.69 Å². The number of fused-ring (bicyclic) bond motifs is 1. The van der Waals surface area contributed by atoms with E-state index >= 15 is 0 Å². The average molecular weight is 276 g/mol. The number of nitrogens with zero attached hydrogens (tertiary/aromatic N) is 3. The molecule has 1 aromatic rings. The fourth-order valence-corrected chi connectivity index (χ4v) is 3.42. The number of thiocarbonyl (C=S) groups is 1. The van der Waals surface area contributed by atoms with Crippen molar-refractivity contribution in [2.45, 2.75) is 25.3 Å². The van der Waals surface area contributed by atoms with Gasteiger partial charge < -0.3 is 10.6 Å². The maximum atomic E-state index is 5.80. The van der Waals surface area contributed by atoms with E-state index in [2.05, 4.69) is 20.9 Å². The molecule has 1 aromatic heterocycles. The third-order valence-electron chi connectivity index (χ3n) is 4.16. The topological polar surface area (TPSA) is 45.4 Å². The predicted molar refractivity (Wildman–Crippen MR) is 81.5 cm³/mol. The van der Waals surface area contributed by atoms with Gasteiger partial charge in [0.1, 0.15) is 10.7 Å². The standard InChI is InChI=1S/C14H20N4S/c15-14(19)13-12(5-1-6-16-13)18-9-3-8-17-7-2-4-11(17)10-18/h1,5-6,11H,2-4,7-10H2,(H2,15,19). The normalized spacial score (nSPS) is 24.0. The highest BCUT2D eigenvalue weighted by Crippen LogP contribution is 2.26. The summed E-state index contributed by atoms with van der Waals surface area (Å²) in [5.41, 5.74) is 7.67. The van der Waals surface area contributed by atoms with Crippen LogP contribution in [0.3, 0.4) is 0 Å². The second kappa shape index (κ2) is 5.43. The quantitative estimate of drug-likeness (QED) is 0.827. The Morgan fingerprint density at radius 2 is 2.16 bits per heavy atom. The summed E-state index contributed by atoms with van der Waals surface area (Å²) in [6, 6.07) is 4.74. The largest absolute Gasteiger partial charge is 0.388 e. The van der Waals surface area contributed by atoms with Crippen molar-refractivity contribution in [3.8, 4) is 0 Å². The summed E-state index contributed by atoms with van der Waals surface area (Å²) in [5.74, 6) is 0. The van der Waals surface area contributed by atoms with E-state index in [1.165, 1.54) is 32.4 Å². The maximum Gasteiger partial charge on any atom is 0.124 e. The third kappa shape index (κ3) is 2.58. The second-order valence-electron chi connectivity index (χ2n) is 5.37. The minimum Gasteiger partial charge on any atom is -0.388 e. The van der Waals surface area contributed by atoms with Crippen molar-refractivity contribution in [1.82, 2.24) is 9.88 Å². The van der Waals surface area contributed by atoms with Gasteiger partial charge in [0.2, 0.25) is 0 Å². The van der Waals surface area contributed by atoms with Crippen LogP contribution in [-0.2, 0) is 0 Å². The van der Waals surface area contributed by atoms with Gasteiger partial charge in [0.15, 0.2) is 0 Å². The van der Waals surface area contributed by atoms with Gasteiger partial charge in [0.25, 0.3) is 0 Å². The van der Waals surface area contributed by atoms with Crippen molar-refractivity contribution >= 4 is 22.9 Å². The first-order valence-electron chi connectivity index (χ1n) is 6.99. The Morgan fingerprint density at radius 1 is 1.32 bits per heavy atom. The number of rotatable bonds is 2. The molecule has 0 aliphatic carbocycles. The molecule has 3 rings (SSSR count). The zero-order valence-electron chi connectivity index (χ0n) is 11.1. The minimum absolute atomic E-state index is 0.392. The van der Waals surface area contributed by atoms with E-state index in [0.29, 0.717) is 11.0 Å². The molecule has 4 nitrogen and oxygen atoms in total. The van der Waals surface area contributed by atoms with Crippen molar-refractivity contribution in [3.63, 3.8) is 0 Å². The van der Waals surface area contributed by atoms with E-state index in [0.717, 1.165) is 24.5 Å². The van der Waals surface area contributed by atoms with E-state index in [1.807, 2.05) is 6.07 Å². The molecule has 2 fully saturated rings. The molecule has 3 heterocycles. The number of hydrogen-bond acceptors (Lipinski definition) is 4. The maximum absolute atomic E-state index is 5.80. The fourth-order valence-electron chi connectivity index (χ4n) is 3.27. The molecule has 19 heavy (non-hydrogen) atoms. The number of anilines is 1. The molecular weight excluding hydrogens is 256 g/mol. The summed E-state index contributed by atoms with van der Waals surface area (Å²) >= 11 is 5.12. The Balaban J connectivity index is 1.87. The zero-order chi connectivity index (χ0) is 13.2. The van der Waals surface area contributed by atoms with Gasteiger partial charge >= 0.3 is 0 Å². The van der Waals surface area contributed by atoms with Crippen molar-refractivity contribution in [1.29, 1.82) is 0 Å². The van der Waals surface area contributed by atoms with Crippen LogP contribution in [0, 0.1) is 0 Å². The van der Waals surface area contributed by atoms with Gasteiger partial charge in [-0.1, -0.05) is 12.2 Å². The van der Waals surface area contributed by atoms with Gasteiger partial charge in [-0.25, -0.2) is 0 Å². The predicted octanol–water partition coefficient (Wildman–Crippen LogP) is 1.39. The first kappa shape index (κ1) is 12.8. The van der Waals surface area contributed by atoms with Crippen LogP contribution in [0.25, 0.3) is 0 Å². The van der Waals surface area contributed by atoms with Gasteiger partial charge in [0, 0.05) is 31.9 Å². The first-order chi connectivity index (χ1) is 9.25. The SMILES string of the molecule is NC(=S)c1ncccc1N1CCCN2CCCC2C1. The molecule has 0 radical (unpaired) electrons. The van der Waals surface area contributed by atoms with Crippen LogP contribution in [0.1, 0.15) is 25.0 Å². The number of pyridine rings is 1. The summed E-state index contributed by atoms with van der Waals surface area (Å²) in [6.07, 6.45) is 5.59. The molecule has 1 unspecified atom stereocenters. The first-order valence-corrected chi connectivity index (χ1v) is 7.40. The lowest BCUT2D eigenvalue weighted by molar-refractivity contribution is 0.273. The molecular formula is C14H20N4S. The number of aromatic nitrogens is 1. The van der Waals surface area contributed by atoms with Crippen LogP contribution in [0.15, 0.2) is 18.3 Å². The molecule has 0 bridgehead atoms. The molecule has 2 aliphatic heterocycles. The summed E-state index contributed by atoms with van der Waals surface area (Å²) < 4.78 is 0. The molecule has 2 aliphatic rings. The summed E-state index contributed by atoms with van der Waals surface area (Å²) in [6.45, 7) is 4.60. The van der Waals surface area contributed by atoms with Gasteiger partial charge in [-0.3, -0.25) is 9.88 Å². The monoisotopic (exact) mass is 276 g/mol. The third-order valence-corrected chi connectivity index (χ3v) is 4.36. The highest BCUT2D eigenvalue weighted by Gasteiger charge is 2.29. The number of hydrogen-bond donors (Lipinski definition) is 1. The molecule has 0 saturated carbocycles. The smallest absolute Gasteiger partial charge is 0.124 e. The molecule has 2 N–H and O–H groups in total. The Bertz CT molecular complexity index is 476. The zero-order valence-corrected chi connectivity index (χ0v) is 11.9. The van der Waals surface area contributed by atoms with Crippen LogP contribution in [0.2, 0.25) is 0 Å². The lowest BCUT2D eigenvalue weighted by atomic mass is 10.2. The lowest BCUT2D eigenvalue weighted by Crippen LogP contribution is -2.37. The van der Waals surface area contributed by atoms with Gasteiger partial charge in [-0.05, 0) is 37.9 Å². The van der Waals surface area contributed by atoms with Crippen molar-refractivity contribution < 1.29 is 0 Å². The number of nitrogens with two attached hydrogens (primary N) is 1. The molecule has 102 valence electrons. The van der Waals surface area contributed by atoms with Crippen LogP contribution in [-0.4, -0.2) is 47.1 Å². The van der Waals surface area contributed by atoms with E-state index < -0.39 is 0 Å². The Morgan fingerprint density at radius 3 is 3.00 bits per heavy atom. The summed E-state index contributed by atoms with van der Waals surface area (Å²) in [5, 5.41) is 0. The van der Waals surface area contributed by atoms with Crippen molar-refractivity contribution in [2.75, 3.05) is 31.1 Å². The molecule has 2 saturated heterocycles.